The molecule has 0 aliphatic carbocycles. The first-order chi connectivity index (χ1) is 10.3. The Bertz CT molecular complexity index is 578. The molecule has 3 heterocycles. The second kappa shape index (κ2) is 6.43. The minimum atomic E-state index is -0.0560. The first kappa shape index (κ1) is 14.3. The first-order valence-corrected chi connectivity index (χ1v) is 7.25. The Morgan fingerprint density at radius 3 is 3.00 bits per heavy atom. The summed E-state index contributed by atoms with van der Waals surface area (Å²) in [5.74, 6) is 1.89. The van der Waals surface area contributed by atoms with Gasteiger partial charge in [-0.15, -0.1) is 0 Å². The fourth-order valence-electron chi connectivity index (χ4n) is 2.78. The Labute approximate surface area is 123 Å². The molecule has 0 unspecified atom stereocenters. The summed E-state index contributed by atoms with van der Waals surface area (Å²) in [7, 11) is 1.92. The van der Waals surface area contributed by atoms with Gasteiger partial charge in [0.2, 0.25) is 0 Å². The maximum atomic E-state index is 8.97. The molecule has 1 aliphatic rings. The number of rotatable bonds is 6. The van der Waals surface area contributed by atoms with Gasteiger partial charge in [-0.25, -0.2) is 0 Å². The van der Waals surface area contributed by atoms with Crippen LogP contribution in [0.2, 0.25) is 0 Å². The average molecular weight is 291 g/mol. The number of aliphatic hydroxyl groups is 1. The smallest absolute Gasteiger partial charge is 0.129 e. The van der Waals surface area contributed by atoms with Gasteiger partial charge in [-0.05, 0) is 18.6 Å². The molecule has 2 atom stereocenters. The monoisotopic (exact) mass is 291 g/mol. The van der Waals surface area contributed by atoms with Gasteiger partial charge in [0.05, 0.1) is 18.8 Å². The van der Waals surface area contributed by atoms with Crippen LogP contribution in [0.3, 0.4) is 0 Å². The van der Waals surface area contributed by atoms with Gasteiger partial charge in [0, 0.05) is 37.9 Å². The highest BCUT2D eigenvalue weighted by Gasteiger charge is 2.30. The number of nitrogens with zero attached hydrogens (tertiary/aromatic N) is 2. The van der Waals surface area contributed by atoms with Crippen molar-refractivity contribution in [2.24, 2.45) is 13.0 Å². The fourth-order valence-corrected chi connectivity index (χ4v) is 2.78. The predicted octanol–water partition coefficient (Wildman–Crippen LogP) is 1.37. The molecule has 1 saturated heterocycles. The Hall–Kier alpha value is -1.63. The predicted molar refractivity (Wildman–Crippen MR) is 76.3 cm³/mol. The van der Waals surface area contributed by atoms with E-state index in [2.05, 4.69) is 10.4 Å². The van der Waals surface area contributed by atoms with Gasteiger partial charge in [-0.3, -0.25) is 4.68 Å². The molecule has 0 amide bonds. The third kappa shape index (κ3) is 3.34. The average Bonchev–Trinajstić information content (AvgIpc) is 3.19. The van der Waals surface area contributed by atoms with E-state index in [1.807, 2.05) is 25.5 Å². The lowest BCUT2D eigenvalue weighted by molar-refractivity contribution is 0.0902. The van der Waals surface area contributed by atoms with Gasteiger partial charge in [-0.1, -0.05) is 0 Å². The molecule has 21 heavy (non-hydrogen) atoms. The minimum Gasteiger partial charge on any atom is -0.462 e. The van der Waals surface area contributed by atoms with Crippen LogP contribution in [0.1, 0.15) is 29.6 Å². The second-order valence-electron chi connectivity index (χ2n) is 5.44. The highest BCUT2D eigenvalue weighted by molar-refractivity contribution is 5.11. The second-order valence-corrected chi connectivity index (χ2v) is 5.44. The Kier molecular flexibility index (Phi) is 4.38. The Morgan fingerprint density at radius 1 is 1.43 bits per heavy atom. The normalized spacial score (nSPS) is 22.0. The summed E-state index contributed by atoms with van der Waals surface area (Å²) >= 11 is 0. The molecule has 0 spiro atoms. The molecule has 6 nitrogen and oxygen atoms in total. The zero-order valence-electron chi connectivity index (χ0n) is 12.2. The standard InChI is InChI=1S/C15H21N3O3/c1-18-9-12(7-17-18)15-11(4-5-20-15)6-16-8-13-2-3-14(10-19)21-13/h2-3,7,9,11,15-16,19H,4-6,8,10H2,1H3/t11-,15+/m0/s1. The zero-order chi connectivity index (χ0) is 14.7. The zero-order valence-corrected chi connectivity index (χ0v) is 12.2. The van der Waals surface area contributed by atoms with E-state index in [0.717, 1.165) is 30.9 Å². The lowest BCUT2D eigenvalue weighted by atomic mass is 9.97. The summed E-state index contributed by atoms with van der Waals surface area (Å²) < 4.78 is 13.1. The van der Waals surface area contributed by atoms with Crippen molar-refractivity contribution in [2.75, 3.05) is 13.2 Å². The Balaban J connectivity index is 1.52. The molecular formula is C15H21N3O3. The van der Waals surface area contributed by atoms with Crippen molar-refractivity contribution < 1.29 is 14.3 Å². The summed E-state index contributed by atoms with van der Waals surface area (Å²) in [4.78, 5) is 0. The molecule has 0 radical (unpaired) electrons. The molecule has 1 fully saturated rings. The van der Waals surface area contributed by atoms with E-state index < -0.39 is 0 Å². The number of ether oxygens (including phenoxy) is 1. The molecule has 114 valence electrons. The van der Waals surface area contributed by atoms with Crippen LogP contribution in [0.15, 0.2) is 28.9 Å². The highest BCUT2D eigenvalue weighted by Crippen LogP contribution is 2.33. The van der Waals surface area contributed by atoms with Crippen molar-refractivity contribution in [3.05, 3.63) is 41.6 Å². The summed E-state index contributed by atoms with van der Waals surface area (Å²) in [6.07, 6.45) is 5.06. The van der Waals surface area contributed by atoms with E-state index in [-0.39, 0.29) is 12.7 Å². The lowest BCUT2D eigenvalue weighted by Gasteiger charge is -2.17. The van der Waals surface area contributed by atoms with Crippen LogP contribution in [0.5, 0.6) is 0 Å². The summed E-state index contributed by atoms with van der Waals surface area (Å²) in [5, 5.41) is 16.6. The van der Waals surface area contributed by atoms with Gasteiger partial charge in [0.15, 0.2) is 0 Å². The molecule has 6 heteroatoms. The number of aromatic nitrogens is 2. The largest absolute Gasteiger partial charge is 0.462 e. The molecule has 2 aromatic heterocycles. The highest BCUT2D eigenvalue weighted by atomic mass is 16.5. The van der Waals surface area contributed by atoms with Crippen LogP contribution in [-0.4, -0.2) is 28.0 Å². The molecule has 2 aromatic rings. The maximum Gasteiger partial charge on any atom is 0.129 e. The van der Waals surface area contributed by atoms with Crippen molar-refractivity contribution in [3.63, 3.8) is 0 Å². The summed E-state index contributed by atoms with van der Waals surface area (Å²) in [5.41, 5.74) is 1.14. The Morgan fingerprint density at radius 2 is 2.29 bits per heavy atom. The van der Waals surface area contributed by atoms with Gasteiger partial charge >= 0.3 is 0 Å². The molecule has 0 saturated carbocycles. The van der Waals surface area contributed by atoms with Gasteiger partial charge < -0.3 is 19.6 Å². The SMILES string of the molecule is Cn1cc([C@@H]2OCC[C@H]2CNCc2ccc(CO)o2)cn1. The lowest BCUT2D eigenvalue weighted by Crippen LogP contribution is -2.24. The first-order valence-electron chi connectivity index (χ1n) is 7.25. The topological polar surface area (TPSA) is 72.5 Å². The number of aryl methyl sites for hydroxylation is 1. The van der Waals surface area contributed by atoms with E-state index in [9.17, 15) is 0 Å². The number of hydrogen-bond donors (Lipinski definition) is 2. The number of hydrogen-bond acceptors (Lipinski definition) is 5. The number of furan rings is 1. The van der Waals surface area contributed by atoms with Crippen molar-refractivity contribution in [1.82, 2.24) is 15.1 Å². The number of aliphatic hydroxyl groups excluding tert-OH is 1. The summed E-state index contributed by atoms with van der Waals surface area (Å²) in [6, 6.07) is 3.69. The van der Waals surface area contributed by atoms with Crippen molar-refractivity contribution >= 4 is 0 Å². The van der Waals surface area contributed by atoms with Crippen LogP contribution in [0.4, 0.5) is 0 Å². The molecule has 2 N–H and O–H groups in total. The van der Waals surface area contributed by atoms with E-state index in [4.69, 9.17) is 14.3 Å². The van der Waals surface area contributed by atoms with E-state index in [1.54, 1.807) is 10.7 Å². The molecular weight excluding hydrogens is 270 g/mol. The van der Waals surface area contributed by atoms with E-state index in [0.29, 0.717) is 18.2 Å². The van der Waals surface area contributed by atoms with Crippen molar-refractivity contribution in [1.29, 1.82) is 0 Å². The fraction of sp³-hybridized carbons (Fsp3) is 0.533. The maximum absolute atomic E-state index is 8.97. The van der Waals surface area contributed by atoms with Crippen molar-refractivity contribution in [2.45, 2.75) is 25.7 Å². The van der Waals surface area contributed by atoms with Gasteiger partial charge in [0.1, 0.15) is 18.1 Å². The third-order valence-electron chi connectivity index (χ3n) is 3.85. The van der Waals surface area contributed by atoms with Crippen LogP contribution >= 0.6 is 0 Å². The molecule has 1 aliphatic heterocycles. The van der Waals surface area contributed by atoms with Crippen molar-refractivity contribution in [3.8, 4) is 0 Å². The summed E-state index contributed by atoms with van der Waals surface area (Å²) in [6.45, 7) is 2.27. The molecule has 3 rings (SSSR count). The molecule has 0 aromatic carbocycles. The van der Waals surface area contributed by atoms with E-state index >= 15 is 0 Å². The van der Waals surface area contributed by atoms with Crippen LogP contribution in [-0.2, 0) is 24.9 Å². The van der Waals surface area contributed by atoms with Crippen LogP contribution < -0.4 is 5.32 Å². The van der Waals surface area contributed by atoms with Crippen LogP contribution in [0.25, 0.3) is 0 Å². The van der Waals surface area contributed by atoms with Gasteiger partial charge in [-0.2, -0.15) is 5.10 Å². The number of nitrogens with one attached hydrogen (secondary N) is 1. The quantitative estimate of drug-likeness (QED) is 0.841. The third-order valence-corrected chi connectivity index (χ3v) is 3.85. The van der Waals surface area contributed by atoms with Gasteiger partial charge in [0.25, 0.3) is 0 Å². The minimum absolute atomic E-state index is 0.0560. The van der Waals surface area contributed by atoms with E-state index in [1.165, 1.54) is 0 Å². The molecule has 0 bridgehead atoms. The van der Waals surface area contributed by atoms with Crippen LogP contribution in [0, 0.1) is 5.92 Å².